The van der Waals surface area contributed by atoms with Gasteiger partial charge in [0, 0.05) is 28.5 Å². The Morgan fingerprint density at radius 3 is 2.09 bits per heavy atom. The molecule has 2 rings (SSSR count). The van der Waals surface area contributed by atoms with Crippen molar-refractivity contribution >= 4 is 35.0 Å². The Balaban J connectivity index is 2.26. The molecule has 0 aromatic heterocycles. The van der Waals surface area contributed by atoms with Crippen LogP contribution in [0.2, 0.25) is 10.0 Å². The number of halogens is 2. The van der Waals surface area contributed by atoms with Gasteiger partial charge in [0.25, 0.3) is 0 Å². The minimum absolute atomic E-state index is 0.0811. The molecule has 2 aromatic carbocycles. The summed E-state index contributed by atoms with van der Waals surface area (Å²) in [7, 11) is 0. The molecule has 0 unspecified atom stereocenters. The summed E-state index contributed by atoms with van der Waals surface area (Å²) in [5, 5.41) is 4.03. The second-order valence-electron chi connectivity index (χ2n) is 10.9. The number of hydrogen-bond donors (Lipinski definition) is 1. The third-order valence-corrected chi connectivity index (χ3v) is 6.27. The molecule has 0 radical (unpaired) electrons. The average molecular weight is 506 g/mol. The zero-order valence-corrected chi connectivity index (χ0v) is 23.0. The molecule has 1 N–H and O–H groups in total. The highest BCUT2D eigenvalue weighted by Gasteiger charge is 2.30. The number of nitrogens with zero attached hydrogens (tertiary/aromatic N) is 1. The van der Waals surface area contributed by atoms with Gasteiger partial charge in [0.1, 0.15) is 6.04 Å². The smallest absolute Gasteiger partial charge is 0.243 e. The predicted molar refractivity (Wildman–Crippen MR) is 142 cm³/mol. The van der Waals surface area contributed by atoms with Crippen molar-refractivity contribution in [1.82, 2.24) is 10.2 Å². The first-order valence-electron chi connectivity index (χ1n) is 11.9. The lowest BCUT2D eigenvalue weighted by Crippen LogP contribution is -2.53. The van der Waals surface area contributed by atoms with Gasteiger partial charge in [-0.2, -0.15) is 0 Å². The van der Waals surface area contributed by atoms with Gasteiger partial charge >= 0.3 is 0 Å². The number of rotatable bonds is 8. The molecule has 2 amide bonds. The van der Waals surface area contributed by atoms with Crippen LogP contribution in [0.25, 0.3) is 0 Å². The van der Waals surface area contributed by atoms with E-state index >= 15 is 0 Å². The molecule has 34 heavy (non-hydrogen) atoms. The highest BCUT2D eigenvalue weighted by Crippen LogP contribution is 2.25. The number of hydrogen-bond acceptors (Lipinski definition) is 2. The van der Waals surface area contributed by atoms with Gasteiger partial charge < -0.3 is 10.2 Å². The SMILES string of the molecule is CC[C@H](C(=O)NC(C)(C)C)N(Cc1ccc(Cl)cc1Cl)C(=O)CCc1ccc(C(C)(C)C)cc1. The molecule has 0 bridgehead atoms. The largest absolute Gasteiger partial charge is 0.350 e. The van der Waals surface area contributed by atoms with E-state index in [9.17, 15) is 9.59 Å². The molecule has 0 aliphatic carbocycles. The molecule has 6 heteroatoms. The van der Waals surface area contributed by atoms with E-state index < -0.39 is 11.6 Å². The molecule has 0 aliphatic heterocycles. The number of amides is 2. The van der Waals surface area contributed by atoms with Crippen molar-refractivity contribution in [3.63, 3.8) is 0 Å². The van der Waals surface area contributed by atoms with Gasteiger partial charge in [0.2, 0.25) is 11.8 Å². The Bertz CT molecular complexity index is 989. The molecule has 2 aromatic rings. The zero-order chi connectivity index (χ0) is 25.7. The van der Waals surface area contributed by atoms with E-state index in [-0.39, 0.29) is 23.8 Å². The summed E-state index contributed by atoms with van der Waals surface area (Å²) in [5.41, 5.74) is 2.80. The molecule has 0 fully saturated rings. The fourth-order valence-electron chi connectivity index (χ4n) is 3.77. The Labute approximate surface area is 215 Å². The van der Waals surface area contributed by atoms with Crippen LogP contribution in [0, 0.1) is 0 Å². The topological polar surface area (TPSA) is 49.4 Å². The zero-order valence-electron chi connectivity index (χ0n) is 21.5. The third kappa shape index (κ3) is 8.32. The van der Waals surface area contributed by atoms with E-state index in [1.807, 2.05) is 33.8 Å². The normalized spacial score (nSPS) is 12.9. The van der Waals surface area contributed by atoms with Gasteiger partial charge in [-0.05, 0) is 67.9 Å². The van der Waals surface area contributed by atoms with Crippen LogP contribution in [0.1, 0.15) is 78.0 Å². The van der Waals surface area contributed by atoms with Crippen LogP contribution >= 0.6 is 23.2 Å². The molecule has 1 atom stereocenters. The van der Waals surface area contributed by atoms with Gasteiger partial charge in [-0.25, -0.2) is 0 Å². The van der Waals surface area contributed by atoms with Crippen LogP contribution < -0.4 is 5.32 Å². The molecule has 0 aliphatic rings. The maximum atomic E-state index is 13.5. The van der Waals surface area contributed by atoms with Gasteiger partial charge in [-0.15, -0.1) is 0 Å². The van der Waals surface area contributed by atoms with Gasteiger partial charge in [-0.3, -0.25) is 9.59 Å². The lowest BCUT2D eigenvalue weighted by Gasteiger charge is -2.33. The van der Waals surface area contributed by atoms with Gasteiger partial charge in [0.05, 0.1) is 0 Å². The van der Waals surface area contributed by atoms with Crippen LogP contribution in [0.15, 0.2) is 42.5 Å². The summed E-state index contributed by atoms with van der Waals surface area (Å²) in [6.45, 7) is 14.5. The van der Waals surface area contributed by atoms with Crippen molar-refractivity contribution in [2.24, 2.45) is 0 Å². The summed E-state index contributed by atoms with van der Waals surface area (Å²) in [4.78, 5) is 28.2. The second kappa shape index (κ2) is 11.6. The van der Waals surface area contributed by atoms with E-state index in [0.717, 1.165) is 11.1 Å². The van der Waals surface area contributed by atoms with E-state index in [4.69, 9.17) is 23.2 Å². The van der Waals surface area contributed by atoms with E-state index in [2.05, 4.69) is 50.4 Å². The molecule has 186 valence electrons. The Morgan fingerprint density at radius 2 is 1.59 bits per heavy atom. The summed E-state index contributed by atoms with van der Waals surface area (Å²) >= 11 is 12.5. The van der Waals surface area contributed by atoms with Crippen molar-refractivity contribution < 1.29 is 9.59 Å². The highest BCUT2D eigenvalue weighted by atomic mass is 35.5. The highest BCUT2D eigenvalue weighted by molar-refractivity contribution is 6.35. The minimum atomic E-state index is -0.596. The molecule has 4 nitrogen and oxygen atoms in total. The summed E-state index contributed by atoms with van der Waals surface area (Å²) < 4.78 is 0. The first kappa shape index (κ1) is 28.2. The quantitative estimate of drug-likeness (QED) is 0.422. The Morgan fingerprint density at radius 1 is 0.971 bits per heavy atom. The van der Waals surface area contributed by atoms with Crippen LogP contribution in [0.4, 0.5) is 0 Å². The van der Waals surface area contributed by atoms with Crippen molar-refractivity contribution in [3.8, 4) is 0 Å². The molecule has 0 heterocycles. The molecule has 0 saturated carbocycles. The fraction of sp³-hybridized carbons (Fsp3) is 0.500. The number of benzene rings is 2. The lowest BCUT2D eigenvalue weighted by molar-refractivity contribution is -0.142. The van der Waals surface area contributed by atoms with Crippen LogP contribution in [-0.4, -0.2) is 28.3 Å². The summed E-state index contributed by atoms with van der Waals surface area (Å²) in [6, 6.07) is 13.0. The Kier molecular flexibility index (Phi) is 9.62. The predicted octanol–water partition coefficient (Wildman–Crippen LogP) is 6.95. The van der Waals surface area contributed by atoms with Crippen LogP contribution in [-0.2, 0) is 28.0 Å². The van der Waals surface area contributed by atoms with Crippen molar-refractivity contribution in [2.75, 3.05) is 0 Å². The molecule has 0 saturated heterocycles. The van der Waals surface area contributed by atoms with E-state index in [1.165, 1.54) is 5.56 Å². The maximum Gasteiger partial charge on any atom is 0.243 e. The fourth-order valence-corrected chi connectivity index (χ4v) is 4.24. The molecular formula is C28H38Cl2N2O2. The second-order valence-corrected chi connectivity index (χ2v) is 11.7. The van der Waals surface area contributed by atoms with Crippen LogP contribution in [0.5, 0.6) is 0 Å². The third-order valence-electron chi connectivity index (χ3n) is 5.69. The number of carbonyl (C=O) groups excluding carboxylic acids is 2. The first-order valence-corrected chi connectivity index (χ1v) is 12.6. The number of carbonyl (C=O) groups is 2. The monoisotopic (exact) mass is 504 g/mol. The maximum absolute atomic E-state index is 13.5. The molecular weight excluding hydrogens is 467 g/mol. The van der Waals surface area contributed by atoms with E-state index in [0.29, 0.717) is 29.3 Å². The van der Waals surface area contributed by atoms with Gasteiger partial charge in [0.15, 0.2) is 0 Å². The first-order chi connectivity index (χ1) is 15.7. The summed E-state index contributed by atoms with van der Waals surface area (Å²) in [6.07, 6.45) is 1.41. The van der Waals surface area contributed by atoms with E-state index in [1.54, 1.807) is 17.0 Å². The summed E-state index contributed by atoms with van der Waals surface area (Å²) in [5.74, 6) is -0.246. The number of aryl methyl sites for hydroxylation is 1. The van der Waals surface area contributed by atoms with Crippen LogP contribution in [0.3, 0.4) is 0 Å². The minimum Gasteiger partial charge on any atom is -0.350 e. The van der Waals surface area contributed by atoms with Gasteiger partial charge in [-0.1, -0.05) is 81.2 Å². The number of nitrogens with one attached hydrogen (secondary N) is 1. The molecule has 0 spiro atoms. The van der Waals surface area contributed by atoms with Crippen molar-refractivity contribution in [2.45, 2.75) is 91.3 Å². The van der Waals surface area contributed by atoms with Crippen molar-refractivity contribution in [1.29, 1.82) is 0 Å². The van der Waals surface area contributed by atoms with Crippen molar-refractivity contribution in [3.05, 3.63) is 69.2 Å². The lowest BCUT2D eigenvalue weighted by atomic mass is 9.86. The standard InChI is InChI=1S/C28H38Cl2N2O2/c1-8-24(26(34)31-28(5,6)7)32(18-20-12-15-22(29)17-23(20)30)25(33)16-11-19-9-13-21(14-10-19)27(2,3)4/h9-10,12-15,17,24H,8,11,16,18H2,1-7H3,(H,31,34)/t24-/m1/s1. The average Bonchev–Trinajstić information content (AvgIpc) is 2.71. The Hall–Kier alpha value is -2.04.